The molecule has 1 N–H and O–H groups in total. The SMILES string of the molecule is CN=C(NCc1cccc(CN2CCCCCC2)c1)N1CCC(OCCCOC)CC1. The van der Waals surface area contributed by atoms with Gasteiger partial charge < -0.3 is 19.7 Å². The van der Waals surface area contributed by atoms with Gasteiger partial charge in [-0.05, 0) is 56.3 Å². The highest BCUT2D eigenvalue weighted by atomic mass is 16.5. The first-order valence-corrected chi connectivity index (χ1v) is 12.1. The van der Waals surface area contributed by atoms with Crippen LogP contribution in [0.15, 0.2) is 29.3 Å². The van der Waals surface area contributed by atoms with Crippen LogP contribution >= 0.6 is 0 Å². The molecule has 0 spiro atoms. The van der Waals surface area contributed by atoms with Gasteiger partial charge in [0, 0.05) is 53.6 Å². The molecule has 6 heteroatoms. The van der Waals surface area contributed by atoms with E-state index in [-0.39, 0.29) is 0 Å². The Hall–Kier alpha value is -1.63. The van der Waals surface area contributed by atoms with Crippen LogP contribution < -0.4 is 5.32 Å². The van der Waals surface area contributed by atoms with Crippen molar-refractivity contribution in [1.82, 2.24) is 15.1 Å². The quantitative estimate of drug-likeness (QED) is 0.368. The van der Waals surface area contributed by atoms with E-state index >= 15 is 0 Å². The van der Waals surface area contributed by atoms with Crippen LogP contribution in [0.4, 0.5) is 0 Å². The molecule has 3 rings (SSSR count). The van der Waals surface area contributed by atoms with Crippen LogP contribution in [0.3, 0.4) is 0 Å². The lowest BCUT2D eigenvalue weighted by atomic mass is 10.1. The second-order valence-corrected chi connectivity index (χ2v) is 8.81. The molecule has 2 aliphatic rings. The highest BCUT2D eigenvalue weighted by molar-refractivity contribution is 5.79. The number of guanidine groups is 1. The lowest BCUT2D eigenvalue weighted by Crippen LogP contribution is -2.46. The number of rotatable bonds is 9. The summed E-state index contributed by atoms with van der Waals surface area (Å²) in [5, 5.41) is 3.58. The lowest BCUT2D eigenvalue weighted by Gasteiger charge is -2.34. The summed E-state index contributed by atoms with van der Waals surface area (Å²) in [4.78, 5) is 9.50. The molecule has 0 saturated carbocycles. The van der Waals surface area contributed by atoms with Gasteiger partial charge in [-0.2, -0.15) is 0 Å². The summed E-state index contributed by atoms with van der Waals surface area (Å²) in [6.45, 7) is 7.90. The molecule has 0 unspecified atom stereocenters. The number of benzene rings is 1. The van der Waals surface area contributed by atoms with E-state index in [1.165, 1.54) is 49.9 Å². The number of nitrogens with zero attached hydrogens (tertiary/aromatic N) is 3. The molecule has 2 aliphatic heterocycles. The third kappa shape index (κ3) is 8.43. The van der Waals surface area contributed by atoms with E-state index in [0.29, 0.717) is 6.10 Å². The Bertz CT molecular complexity index is 651. The molecule has 6 nitrogen and oxygen atoms in total. The Morgan fingerprint density at radius 3 is 2.48 bits per heavy atom. The van der Waals surface area contributed by atoms with Crippen LogP contribution in [0, 0.1) is 0 Å². The van der Waals surface area contributed by atoms with Crippen LogP contribution in [0.2, 0.25) is 0 Å². The van der Waals surface area contributed by atoms with Crippen molar-refractivity contribution in [3.63, 3.8) is 0 Å². The molecular formula is C25H42N4O2. The van der Waals surface area contributed by atoms with Gasteiger partial charge in [-0.3, -0.25) is 9.89 Å². The van der Waals surface area contributed by atoms with Gasteiger partial charge in [0.05, 0.1) is 6.10 Å². The molecule has 2 saturated heterocycles. The van der Waals surface area contributed by atoms with Gasteiger partial charge in [0.2, 0.25) is 0 Å². The number of hydrogen-bond donors (Lipinski definition) is 1. The number of nitrogens with one attached hydrogen (secondary N) is 1. The second-order valence-electron chi connectivity index (χ2n) is 8.81. The minimum Gasteiger partial charge on any atom is -0.385 e. The van der Waals surface area contributed by atoms with Crippen molar-refractivity contribution >= 4 is 5.96 Å². The monoisotopic (exact) mass is 430 g/mol. The Kier molecular flexibility index (Phi) is 10.6. The second kappa shape index (κ2) is 13.7. The molecule has 31 heavy (non-hydrogen) atoms. The number of hydrogen-bond acceptors (Lipinski definition) is 4. The number of piperidine rings is 1. The standard InChI is InChI=1S/C25H42N4O2/c1-26-25(29-15-11-24(12-16-29)31-18-8-17-30-2)27-20-22-9-7-10-23(19-22)21-28-13-5-3-4-6-14-28/h7,9-10,19,24H,3-6,8,11-18,20-21H2,1-2H3,(H,26,27). The minimum atomic E-state index is 0.363. The van der Waals surface area contributed by atoms with Gasteiger partial charge in [-0.15, -0.1) is 0 Å². The Morgan fingerprint density at radius 2 is 1.77 bits per heavy atom. The van der Waals surface area contributed by atoms with Gasteiger partial charge in [-0.1, -0.05) is 37.1 Å². The predicted octanol–water partition coefficient (Wildman–Crippen LogP) is 3.66. The zero-order valence-corrected chi connectivity index (χ0v) is 19.7. The number of aliphatic imine (C=N–C) groups is 1. The van der Waals surface area contributed by atoms with Crippen LogP contribution in [0.25, 0.3) is 0 Å². The first kappa shape index (κ1) is 24.0. The van der Waals surface area contributed by atoms with E-state index in [9.17, 15) is 0 Å². The van der Waals surface area contributed by atoms with Gasteiger partial charge in [0.1, 0.15) is 0 Å². The van der Waals surface area contributed by atoms with Gasteiger partial charge in [0.15, 0.2) is 5.96 Å². The van der Waals surface area contributed by atoms with Crippen LogP contribution in [-0.2, 0) is 22.6 Å². The largest absolute Gasteiger partial charge is 0.385 e. The Labute approximate surface area is 189 Å². The number of ether oxygens (including phenoxy) is 2. The molecule has 0 aliphatic carbocycles. The van der Waals surface area contributed by atoms with Gasteiger partial charge >= 0.3 is 0 Å². The van der Waals surface area contributed by atoms with Crippen LogP contribution in [0.1, 0.15) is 56.1 Å². The maximum absolute atomic E-state index is 5.99. The fraction of sp³-hybridized carbons (Fsp3) is 0.720. The fourth-order valence-corrected chi connectivity index (χ4v) is 4.59. The zero-order valence-electron chi connectivity index (χ0n) is 19.7. The van der Waals surface area contributed by atoms with Crippen molar-refractivity contribution in [2.75, 3.05) is 53.6 Å². The smallest absolute Gasteiger partial charge is 0.193 e. The molecule has 1 aromatic carbocycles. The molecule has 0 atom stereocenters. The van der Waals surface area contributed by atoms with Crippen molar-refractivity contribution in [2.45, 2.75) is 64.1 Å². The van der Waals surface area contributed by atoms with Gasteiger partial charge in [0.25, 0.3) is 0 Å². The first-order chi connectivity index (χ1) is 15.3. The third-order valence-electron chi connectivity index (χ3n) is 6.35. The van der Waals surface area contributed by atoms with E-state index in [4.69, 9.17) is 9.47 Å². The molecule has 2 fully saturated rings. The summed E-state index contributed by atoms with van der Waals surface area (Å²) in [5.74, 6) is 0.996. The summed E-state index contributed by atoms with van der Waals surface area (Å²) in [5.41, 5.74) is 2.74. The summed E-state index contributed by atoms with van der Waals surface area (Å²) >= 11 is 0. The topological polar surface area (TPSA) is 49.3 Å². The van der Waals surface area contributed by atoms with Crippen molar-refractivity contribution in [2.24, 2.45) is 4.99 Å². The maximum Gasteiger partial charge on any atom is 0.193 e. The molecule has 0 aromatic heterocycles. The summed E-state index contributed by atoms with van der Waals surface area (Å²) in [6, 6.07) is 9.03. The Morgan fingerprint density at radius 1 is 1.03 bits per heavy atom. The highest BCUT2D eigenvalue weighted by Gasteiger charge is 2.21. The molecule has 0 amide bonds. The summed E-state index contributed by atoms with van der Waals surface area (Å²) in [7, 11) is 3.62. The average molecular weight is 431 g/mol. The van der Waals surface area contributed by atoms with Crippen molar-refractivity contribution in [3.8, 4) is 0 Å². The van der Waals surface area contributed by atoms with Crippen LogP contribution in [0.5, 0.6) is 0 Å². The normalized spacial score (nSPS) is 19.4. The molecule has 0 radical (unpaired) electrons. The minimum absolute atomic E-state index is 0.363. The fourth-order valence-electron chi connectivity index (χ4n) is 4.59. The van der Waals surface area contributed by atoms with Crippen molar-refractivity contribution < 1.29 is 9.47 Å². The van der Waals surface area contributed by atoms with E-state index in [1.807, 2.05) is 7.05 Å². The lowest BCUT2D eigenvalue weighted by molar-refractivity contribution is 0.00989. The number of methoxy groups -OCH3 is 1. The molecule has 1 aromatic rings. The molecular weight excluding hydrogens is 388 g/mol. The maximum atomic E-state index is 5.99. The average Bonchev–Trinajstić information content (AvgIpc) is 3.07. The Balaban J connectivity index is 1.42. The van der Waals surface area contributed by atoms with Crippen LogP contribution in [-0.4, -0.2) is 75.4 Å². The van der Waals surface area contributed by atoms with E-state index in [1.54, 1.807) is 7.11 Å². The zero-order chi connectivity index (χ0) is 21.7. The molecule has 2 heterocycles. The van der Waals surface area contributed by atoms with E-state index in [0.717, 1.165) is 64.6 Å². The molecule has 174 valence electrons. The first-order valence-electron chi connectivity index (χ1n) is 12.1. The summed E-state index contributed by atoms with van der Waals surface area (Å²) < 4.78 is 11.1. The summed E-state index contributed by atoms with van der Waals surface area (Å²) in [6.07, 6.45) is 8.89. The highest BCUT2D eigenvalue weighted by Crippen LogP contribution is 2.16. The predicted molar refractivity (Wildman–Crippen MR) is 127 cm³/mol. The van der Waals surface area contributed by atoms with E-state index < -0.39 is 0 Å². The van der Waals surface area contributed by atoms with Crippen molar-refractivity contribution in [1.29, 1.82) is 0 Å². The number of likely N-dealkylation sites (tertiary alicyclic amines) is 2. The molecule has 0 bridgehead atoms. The van der Waals surface area contributed by atoms with Crippen molar-refractivity contribution in [3.05, 3.63) is 35.4 Å². The van der Waals surface area contributed by atoms with Gasteiger partial charge in [-0.25, -0.2) is 0 Å². The third-order valence-corrected chi connectivity index (χ3v) is 6.35. The van der Waals surface area contributed by atoms with E-state index in [2.05, 4.69) is 44.4 Å².